The summed E-state index contributed by atoms with van der Waals surface area (Å²) in [5.74, 6) is 1.94. The molecule has 5 heteroatoms. The highest BCUT2D eigenvalue weighted by Gasteiger charge is 2.28. The summed E-state index contributed by atoms with van der Waals surface area (Å²) >= 11 is 1.69. The van der Waals surface area contributed by atoms with E-state index in [9.17, 15) is 9.59 Å². The molecule has 0 spiro atoms. The molecule has 0 bridgehead atoms. The van der Waals surface area contributed by atoms with Crippen molar-refractivity contribution in [3.05, 3.63) is 35.9 Å². The van der Waals surface area contributed by atoms with E-state index in [1.165, 1.54) is 31.2 Å². The van der Waals surface area contributed by atoms with Crippen LogP contribution in [0.25, 0.3) is 0 Å². The smallest absolute Gasteiger partial charge is 0.235 e. The Morgan fingerprint density at radius 1 is 1.04 bits per heavy atom. The van der Waals surface area contributed by atoms with Crippen LogP contribution in [0.15, 0.2) is 30.3 Å². The molecule has 2 aliphatic rings. The Balaban J connectivity index is 1.40. The van der Waals surface area contributed by atoms with E-state index in [1.807, 2.05) is 34.9 Å². The van der Waals surface area contributed by atoms with Crippen molar-refractivity contribution in [3.63, 3.8) is 0 Å². The fourth-order valence-electron chi connectivity index (χ4n) is 3.89. The van der Waals surface area contributed by atoms with Crippen LogP contribution in [0.4, 0.5) is 0 Å². The van der Waals surface area contributed by atoms with E-state index >= 15 is 0 Å². The van der Waals surface area contributed by atoms with Gasteiger partial charge in [-0.05, 0) is 31.2 Å². The molecule has 3 rings (SSSR count). The third-order valence-electron chi connectivity index (χ3n) is 5.57. The Labute approximate surface area is 161 Å². The van der Waals surface area contributed by atoms with Gasteiger partial charge in [-0.25, -0.2) is 0 Å². The average molecular weight is 375 g/mol. The predicted octanol–water partition coefficient (Wildman–Crippen LogP) is 3.56. The summed E-state index contributed by atoms with van der Waals surface area (Å²) in [4.78, 5) is 29.0. The molecule has 1 atom stereocenters. The summed E-state index contributed by atoms with van der Waals surface area (Å²) in [5.41, 5.74) is 1.25. The Kier molecular flexibility index (Phi) is 7.00. The van der Waals surface area contributed by atoms with Gasteiger partial charge in [0.1, 0.15) is 0 Å². The van der Waals surface area contributed by atoms with Crippen molar-refractivity contribution in [2.75, 3.05) is 26.2 Å². The molecule has 1 aliphatic heterocycles. The minimum atomic E-state index is -0.0454. The number of carbonyl (C=O) groups excluding carboxylic acids is 2. The van der Waals surface area contributed by atoms with Crippen LogP contribution in [-0.4, -0.2) is 53.0 Å². The Bertz CT molecular complexity index is 593. The standard InChI is InChI=1S/C21H30N2O2S/c1-17(26-16-19-9-3-2-4-10-19)21(25)23-13-11-22(12-14-23)20(24)15-18-7-5-6-8-18/h2-4,9-10,17-18H,5-8,11-16H2,1H3. The van der Waals surface area contributed by atoms with Gasteiger partial charge in [0.15, 0.2) is 0 Å². The second-order valence-electron chi connectivity index (χ2n) is 7.50. The lowest BCUT2D eigenvalue weighted by atomic mass is 10.0. The molecular weight excluding hydrogens is 344 g/mol. The molecule has 2 amide bonds. The molecular formula is C21H30N2O2S. The largest absolute Gasteiger partial charge is 0.339 e. The van der Waals surface area contributed by atoms with Gasteiger partial charge in [-0.3, -0.25) is 9.59 Å². The van der Waals surface area contributed by atoms with Crippen molar-refractivity contribution in [1.82, 2.24) is 9.80 Å². The van der Waals surface area contributed by atoms with Crippen molar-refractivity contribution < 1.29 is 9.59 Å². The van der Waals surface area contributed by atoms with Gasteiger partial charge < -0.3 is 9.80 Å². The Morgan fingerprint density at radius 2 is 1.65 bits per heavy atom. The van der Waals surface area contributed by atoms with Gasteiger partial charge in [0.2, 0.25) is 11.8 Å². The third kappa shape index (κ3) is 5.26. The van der Waals surface area contributed by atoms with Gasteiger partial charge in [-0.2, -0.15) is 0 Å². The van der Waals surface area contributed by atoms with Gasteiger partial charge >= 0.3 is 0 Å². The van der Waals surface area contributed by atoms with E-state index in [0.29, 0.717) is 38.5 Å². The maximum absolute atomic E-state index is 12.7. The fraction of sp³-hybridized carbons (Fsp3) is 0.619. The normalized spacial score (nSPS) is 19.6. The Hall–Kier alpha value is -1.49. The molecule has 26 heavy (non-hydrogen) atoms. The number of piperazine rings is 1. The molecule has 1 aliphatic carbocycles. The zero-order valence-electron chi connectivity index (χ0n) is 15.7. The van der Waals surface area contributed by atoms with E-state index in [1.54, 1.807) is 11.8 Å². The number of hydrogen-bond acceptors (Lipinski definition) is 3. The number of thioether (sulfide) groups is 1. The van der Waals surface area contributed by atoms with Crippen LogP contribution in [0.1, 0.15) is 44.6 Å². The second-order valence-corrected chi connectivity index (χ2v) is 8.83. The van der Waals surface area contributed by atoms with Crippen LogP contribution in [-0.2, 0) is 15.3 Å². The van der Waals surface area contributed by atoms with Gasteiger partial charge in [0.05, 0.1) is 5.25 Å². The zero-order valence-corrected chi connectivity index (χ0v) is 16.5. The number of amides is 2. The van der Waals surface area contributed by atoms with Gasteiger partial charge in [0, 0.05) is 38.4 Å². The van der Waals surface area contributed by atoms with E-state index in [4.69, 9.17) is 0 Å². The lowest BCUT2D eigenvalue weighted by molar-refractivity contribution is -0.139. The lowest BCUT2D eigenvalue weighted by Crippen LogP contribution is -2.52. The Morgan fingerprint density at radius 3 is 2.31 bits per heavy atom. The molecule has 1 aromatic carbocycles. The highest BCUT2D eigenvalue weighted by atomic mass is 32.2. The molecule has 0 N–H and O–H groups in total. The molecule has 0 radical (unpaired) electrons. The highest BCUT2D eigenvalue weighted by Crippen LogP contribution is 2.28. The first-order chi connectivity index (χ1) is 12.6. The van der Waals surface area contributed by atoms with Gasteiger partial charge in [-0.1, -0.05) is 43.2 Å². The molecule has 142 valence electrons. The molecule has 0 aromatic heterocycles. The summed E-state index contributed by atoms with van der Waals surface area (Å²) in [6.07, 6.45) is 5.68. The molecule has 1 saturated heterocycles. The van der Waals surface area contributed by atoms with Crippen LogP contribution >= 0.6 is 11.8 Å². The lowest BCUT2D eigenvalue weighted by Gasteiger charge is -2.36. The summed E-state index contributed by atoms with van der Waals surface area (Å²) in [5, 5.41) is -0.0454. The van der Waals surface area contributed by atoms with E-state index in [-0.39, 0.29) is 17.1 Å². The minimum Gasteiger partial charge on any atom is -0.339 e. The van der Waals surface area contributed by atoms with Crippen molar-refractivity contribution in [2.24, 2.45) is 5.92 Å². The first kappa shape index (κ1) is 19.3. The van der Waals surface area contributed by atoms with E-state index < -0.39 is 0 Å². The van der Waals surface area contributed by atoms with E-state index in [2.05, 4.69) is 12.1 Å². The summed E-state index contributed by atoms with van der Waals surface area (Å²) in [6, 6.07) is 10.3. The van der Waals surface area contributed by atoms with Crippen molar-refractivity contribution >= 4 is 23.6 Å². The number of carbonyl (C=O) groups is 2. The summed E-state index contributed by atoms with van der Waals surface area (Å²) < 4.78 is 0. The van der Waals surface area contributed by atoms with E-state index in [0.717, 1.165) is 5.75 Å². The average Bonchev–Trinajstić information content (AvgIpc) is 3.19. The maximum atomic E-state index is 12.7. The third-order valence-corrected chi connectivity index (χ3v) is 6.77. The number of hydrogen-bond donors (Lipinski definition) is 0. The van der Waals surface area contributed by atoms with Crippen molar-refractivity contribution in [1.29, 1.82) is 0 Å². The zero-order chi connectivity index (χ0) is 18.4. The van der Waals surface area contributed by atoms with Crippen LogP contribution < -0.4 is 0 Å². The van der Waals surface area contributed by atoms with Crippen molar-refractivity contribution in [2.45, 2.75) is 50.0 Å². The highest BCUT2D eigenvalue weighted by molar-refractivity contribution is 7.99. The van der Waals surface area contributed by atoms with Crippen LogP contribution in [0.2, 0.25) is 0 Å². The number of nitrogens with zero attached hydrogens (tertiary/aromatic N) is 2. The summed E-state index contributed by atoms with van der Waals surface area (Å²) in [6.45, 7) is 4.71. The molecule has 1 saturated carbocycles. The molecule has 4 nitrogen and oxygen atoms in total. The minimum absolute atomic E-state index is 0.0454. The molecule has 2 fully saturated rings. The molecule has 1 heterocycles. The summed E-state index contributed by atoms with van der Waals surface area (Å²) in [7, 11) is 0. The maximum Gasteiger partial charge on any atom is 0.235 e. The topological polar surface area (TPSA) is 40.6 Å². The SMILES string of the molecule is CC(SCc1ccccc1)C(=O)N1CCN(C(=O)CC2CCCC2)CC1. The predicted molar refractivity (Wildman–Crippen MR) is 107 cm³/mol. The van der Waals surface area contributed by atoms with Crippen molar-refractivity contribution in [3.8, 4) is 0 Å². The number of benzene rings is 1. The first-order valence-electron chi connectivity index (χ1n) is 9.85. The van der Waals surface area contributed by atoms with Gasteiger partial charge in [0.25, 0.3) is 0 Å². The second kappa shape index (κ2) is 9.45. The van der Waals surface area contributed by atoms with Crippen LogP contribution in [0.3, 0.4) is 0 Å². The molecule has 1 unspecified atom stereocenters. The van der Waals surface area contributed by atoms with Crippen LogP contribution in [0.5, 0.6) is 0 Å². The quantitative estimate of drug-likeness (QED) is 0.764. The van der Waals surface area contributed by atoms with Gasteiger partial charge in [-0.15, -0.1) is 11.8 Å². The molecule has 1 aromatic rings. The monoisotopic (exact) mass is 374 g/mol. The fourth-order valence-corrected chi connectivity index (χ4v) is 4.82. The first-order valence-corrected chi connectivity index (χ1v) is 10.9. The number of rotatable bonds is 6. The van der Waals surface area contributed by atoms with Crippen LogP contribution in [0, 0.1) is 5.92 Å².